The van der Waals surface area contributed by atoms with Crippen molar-refractivity contribution in [1.82, 2.24) is 4.98 Å². The molecular weight excluding hydrogens is 383 g/mol. The van der Waals surface area contributed by atoms with Crippen LogP contribution in [0.4, 0.5) is 17.2 Å². The number of amides is 1. The van der Waals surface area contributed by atoms with E-state index in [0.717, 1.165) is 6.07 Å². The third-order valence-electron chi connectivity index (χ3n) is 3.81. The van der Waals surface area contributed by atoms with E-state index in [2.05, 4.69) is 10.3 Å². The molecule has 0 radical (unpaired) electrons. The van der Waals surface area contributed by atoms with Crippen LogP contribution in [0.1, 0.15) is 10.4 Å². The molecule has 1 saturated heterocycles. The van der Waals surface area contributed by atoms with Crippen molar-refractivity contribution in [2.45, 2.75) is 0 Å². The van der Waals surface area contributed by atoms with Crippen LogP contribution in [0.3, 0.4) is 0 Å². The second-order valence-corrected chi connectivity index (χ2v) is 6.26. The standard InChI is InChI=1S/C16H14Cl2N4O4/c17-11-8-10(9-13(14(11)18)22(24)25)16(23)20-12-2-1-3-19-15(12)21-4-6-26-7-5-21/h1-3,8-9H,4-7H2,(H,20,23). The van der Waals surface area contributed by atoms with E-state index in [-0.39, 0.29) is 15.6 Å². The third-order valence-corrected chi connectivity index (χ3v) is 4.61. The molecule has 0 atom stereocenters. The molecule has 26 heavy (non-hydrogen) atoms. The molecule has 8 nitrogen and oxygen atoms in total. The molecule has 1 fully saturated rings. The van der Waals surface area contributed by atoms with Gasteiger partial charge >= 0.3 is 0 Å². The lowest BCUT2D eigenvalue weighted by atomic mass is 10.2. The lowest BCUT2D eigenvalue weighted by Gasteiger charge is -2.29. The number of carbonyl (C=O) groups excluding carboxylic acids is 1. The van der Waals surface area contributed by atoms with Crippen LogP contribution >= 0.6 is 23.2 Å². The fourth-order valence-electron chi connectivity index (χ4n) is 2.55. The average Bonchev–Trinajstić information content (AvgIpc) is 2.64. The second kappa shape index (κ2) is 7.86. The van der Waals surface area contributed by atoms with Gasteiger partial charge in [-0.3, -0.25) is 14.9 Å². The number of benzene rings is 1. The SMILES string of the molecule is O=C(Nc1cccnc1N1CCOCC1)c1cc(Cl)c(Cl)c([N+](=O)[O-])c1. The summed E-state index contributed by atoms with van der Waals surface area (Å²) in [5, 5.41) is 13.5. The van der Waals surface area contributed by atoms with E-state index in [0.29, 0.717) is 37.8 Å². The number of anilines is 2. The number of morpholine rings is 1. The maximum atomic E-state index is 12.6. The fourth-order valence-corrected chi connectivity index (χ4v) is 2.95. The van der Waals surface area contributed by atoms with Gasteiger partial charge in [0.05, 0.1) is 28.8 Å². The molecule has 0 unspecified atom stereocenters. The van der Waals surface area contributed by atoms with Crippen molar-refractivity contribution in [2.75, 3.05) is 36.5 Å². The van der Waals surface area contributed by atoms with E-state index >= 15 is 0 Å². The Bertz CT molecular complexity index is 856. The monoisotopic (exact) mass is 396 g/mol. The molecule has 1 amide bonds. The number of hydrogen-bond donors (Lipinski definition) is 1. The molecule has 2 heterocycles. The Labute approximate surface area is 158 Å². The molecule has 1 N–H and O–H groups in total. The van der Waals surface area contributed by atoms with Crippen molar-refractivity contribution < 1.29 is 14.5 Å². The van der Waals surface area contributed by atoms with Crippen molar-refractivity contribution in [1.29, 1.82) is 0 Å². The maximum absolute atomic E-state index is 12.6. The number of carbonyl (C=O) groups is 1. The molecule has 0 aliphatic carbocycles. The average molecular weight is 397 g/mol. The van der Waals surface area contributed by atoms with E-state index in [1.54, 1.807) is 18.3 Å². The second-order valence-electron chi connectivity index (χ2n) is 5.48. The van der Waals surface area contributed by atoms with Gasteiger partial charge in [0, 0.05) is 30.9 Å². The molecule has 1 aromatic heterocycles. The van der Waals surface area contributed by atoms with Gasteiger partial charge in [-0.25, -0.2) is 4.98 Å². The van der Waals surface area contributed by atoms with Gasteiger partial charge in [0.15, 0.2) is 5.82 Å². The van der Waals surface area contributed by atoms with Crippen LogP contribution in [-0.2, 0) is 4.74 Å². The molecule has 136 valence electrons. The molecule has 0 saturated carbocycles. The largest absolute Gasteiger partial charge is 0.378 e. The summed E-state index contributed by atoms with van der Waals surface area (Å²) in [5.74, 6) is 0.0629. The van der Waals surface area contributed by atoms with Gasteiger partial charge in [-0.05, 0) is 18.2 Å². The smallest absolute Gasteiger partial charge is 0.290 e. The van der Waals surface area contributed by atoms with Crippen LogP contribution in [0.5, 0.6) is 0 Å². The number of halogens is 2. The number of nitrogens with one attached hydrogen (secondary N) is 1. The van der Waals surface area contributed by atoms with Gasteiger partial charge in [0.2, 0.25) is 0 Å². The third kappa shape index (κ3) is 3.87. The Morgan fingerprint density at radius 1 is 1.31 bits per heavy atom. The molecule has 0 spiro atoms. The Hall–Kier alpha value is -2.42. The number of rotatable bonds is 4. The van der Waals surface area contributed by atoms with Gasteiger partial charge in [-0.15, -0.1) is 0 Å². The number of nitrogens with zero attached hydrogens (tertiary/aromatic N) is 3. The van der Waals surface area contributed by atoms with Crippen LogP contribution in [0, 0.1) is 10.1 Å². The predicted octanol–water partition coefficient (Wildman–Crippen LogP) is 3.39. The first-order valence-electron chi connectivity index (χ1n) is 7.70. The molecular formula is C16H14Cl2N4O4. The van der Waals surface area contributed by atoms with E-state index in [9.17, 15) is 14.9 Å². The van der Waals surface area contributed by atoms with Gasteiger partial charge in [0.25, 0.3) is 11.6 Å². The van der Waals surface area contributed by atoms with Crippen molar-refractivity contribution in [2.24, 2.45) is 0 Å². The number of aromatic nitrogens is 1. The topological polar surface area (TPSA) is 97.6 Å². The molecule has 0 bridgehead atoms. The van der Waals surface area contributed by atoms with Crippen LogP contribution in [0.25, 0.3) is 0 Å². The summed E-state index contributed by atoms with van der Waals surface area (Å²) >= 11 is 11.7. The number of hydrogen-bond acceptors (Lipinski definition) is 6. The van der Waals surface area contributed by atoms with E-state index in [1.807, 2.05) is 4.90 Å². The van der Waals surface area contributed by atoms with E-state index < -0.39 is 16.5 Å². The first-order valence-corrected chi connectivity index (χ1v) is 8.45. The summed E-state index contributed by atoms with van der Waals surface area (Å²) in [5.41, 5.74) is 0.0971. The number of pyridine rings is 1. The van der Waals surface area contributed by atoms with Gasteiger partial charge in [-0.2, -0.15) is 0 Å². The maximum Gasteiger partial charge on any atom is 0.290 e. The van der Waals surface area contributed by atoms with E-state index in [4.69, 9.17) is 27.9 Å². The molecule has 10 heteroatoms. The van der Waals surface area contributed by atoms with Crippen LogP contribution in [-0.4, -0.2) is 42.1 Å². The van der Waals surface area contributed by atoms with Crippen molar-refractivity contribution in [3.05, 3.63) is 56.2 Å². The highest BCUT2D eigenvalue weighted by Crippen LogP contribution is 2.33. The Kier molecular flexibility index (Phi) is 5.55. The van der Waals surface area contributed by atoms with Crippen LogP contribution in [0.2, 0.25) is 10.0 Å². The quantitative estimate of drug-likeness (QED) is 0.628. The lowest BCUT2D eigenvalue weighted by Crippen LogP contribution is -2.37. The zero-order chi connectivity index (χ0) is 18.7. The van der Waals surface area contributed by atoms with Crippen LogP contribution < -0.4 is 10.2 Å². The highest BCUT2D eigenvalue weighted by atomic mass is 35.5. The van der Waals surface area contributed by atoms with Crippen molar-refractivity contribution >= 4 is 46.3 Å². The zero-order valence-corrected chi connectivity index (χ0v) is 15.0. The lowest BCUT2D eigenvalue weighted by molar-refractivity contribution is -0.384. The Balaban J connectivity index is 1.88. The minimum atomic E-state index is -0.686. The molecule has 1 aromatic carbocycles. The Morgan fingerprint density at radius 2 is 2.04 bits per heavy atom. The normalized spacial score (nSPS) is 14.2. The van der Waals surface area contributed by atoms with Gasteiger partial charge in [-0.1, -0.05) is 23.2 Å². The number of nitro benzene ring substituents is 1. The van der Waals surface area contributed by atoms with Crippen molar-refractivity contribution in [3.63, 3.8) is 0 Å². The number of ether oxygens (including phenoxy) is 1. The molecule has 1 aliphatic heterocycles. The molecule has 3 rings (SSSR count). The summed E-state index contributed by atoms with van der Waals surface area (Å²) in [4.78, 5) is 29.3. The minimum Gasteiger partial charge on any atom is -0.378 e. The highest BCUT2D eigenvalue weighted by molar-refractivity contribution is 6.43. The molecule has 2 aromatic rings. The summed E-state index contributed by atoms with van der Waals surface area (Å²) in [6.07, 6.45) is 1.63. The van der Waals surface area contributed by atoms with Crippen LogP contribution in [0.15, 0.2) is 30.5 Å². The summed E-state index contributed by atoms with van der Waals surface area (Å²) in [6, 6.07) is 5.78. The summed E-state index contributed by atoms with van der Waals surface area (Å²) in [6.45, 7) is 2.45. The number of nitro groups is 1. The molecule has 1 aliphatic rings. The minimum absolute atomic E-state index is 0.0304. The predicted molar refractivity (Wildman–Crippen MR) is 98.3 cm³/mol. The highest BCUT2D eigenvalue weighted by Gasteiger charge is 2.22. The zero-order valence-electron chi connectivity index (χ0n) is 13.4. The first kappa shape index (κ1) is 18.4. The Morgan fingerprint density at radius 3 is 2.73 bits per heavy atom. The first-order chi connectivity index (χ1) is 12.5. The van der Waals surface area contributed by atoms with E-state index in [1.165, 1.54) is 6.07 Å². The van der Waals surface area contributed by atoms with Crippen molar-refractivity contribution in [3.8, 4) is 0 Å². The summed E-state index contributed by atoms with van der Waals surface area (Å²) < 4.78 is 5.32. The fraction of sp³-hybridized carbons (Fsp3) is 0.250. The van der Waals surface area contributed by atoms with Gasteiger partial charge in [0.1, 0.15) is 5.02 Å². The van der Waals surface area contributed by atoms with Gasteiger partial charge < -0.3 is 15.0 Å². The summed E-state index contributed by atoms with van der Waals surface area (Å²) in [7, 11) is 0.